The van der Waals surface area contributed by atoms with Gasteiger partial charge in [0.1, 0.15) is 5.82 Å². The molecule has 0 spiro atoms. The van der Waals surface area contributed by atoms with Crippen molar-refractivity contribution < 1.29 is 12.8 Å². The van der Waals surface area contributed by atoms with Gasteiger partial charge in [-0.1, -0.05) is 22.0 Å². The number of hydrogen-bond donors (Lipinski definition) is 1. The lowest BCUT2D eigenvalue weighted by Crippen LogP contribution is -2.14. The van der Waals surface area contributed by atoms with E-state index in [0.717, 1.165) is 6.07 Å². The monoisotopic (exact) mass is 368 g/mol. The molecule has 0 amide bonds. The Kier molecular flexibility index (Phi) is 4.30. The Morgan fingerprint density at radius 1 is 1.29 bits per heavy atom. The molecule has 0 aliphatic heterocycles. The average molecular weight is 369 g/mol. The van der Waals surface area contributed by atoms with E-state index in [1.807, 2.05) is 0 Å². The van der Waals surface area contributed by atoms with Gasteiger partial charge in [-0.05, 0) is 37.3 Å². The number of hydrogen-bond acceptors (Lipinski definition) is 3. The first-order valence-corrected chi connectivity index (χ1v) is 8.10. The summed E-state index contributed by atoms with van der Waals surface area (Å²) in [6.07, 6.45) is 0. The topological polar surface area (TPSA) is 70.0 Å². The van der Waals surface area contributed by atoms with Crippen LogP contribution in [0.3, 0.4) is 0 Å². The minimum Gasteiger partial charge on any atom is -0.279 e. The standard InChI is InChI=1S/C14H10BrFN2O2S/c1-9-13(16)5-10(8-17)6-14(9)18-21(19,20)12-4-2-3-11(15)7-12/h2-7,18H,1H3. The first-order chi connectivity index (χ1) is 9.83. The van der Waals surface area contributed by atoms with Gasteiger partial charge in [0.25, 0.3) is 10.0 Å². The van der Waals surface area contributed by atoms with Gasteiger partial charge in [0.2, 0.25) is 0 Å². The summed E-state index contributed by atoms with van der Waals surface area (Å²) in [5, 5.41) is 8.83. The highest BCUT2D eigenvalue weighted by Crippen LogP contribution is 2.24. The number of nitriles is 1. The average Bonchev–Trinajstić information content (AvgIpc) is 2.43. The molecule has 108 valence electrons. The summed E-state index contributed by atoms with van der Waals surface area (Å²) in [5.41, 5.74) is 0.226. The molecule has 0 saturated heterocycles. The Morgan fingerprint density at radius 3 is 2.62 bits per heavy atom. The van der Waals surface area contributed by atoms with E-state index in [0.29, 0.717) is 4.47 Å². The second kappa shape index (κ2) is 5.84. The summed E-state index contributed by atoms with van der Waals surface area (Å²) in [5.74, 6) is -0.638. The molecule has 0 fully saturated rings. The molecule has 1 N–H and O–H groups in total. The summed E-state index contributed by atoms with van der Waals surface area (Å²) in [7, 11) is -3.86. The smallest absolute Gasteiger partial charge is 0.261 e. The summed E-state index contributed by atoms with van der Waals surface area (Å²) in [6.45, 7) is 1.44. The van der Waals surface area contributed by atoms with Crippen molar-refractivity contribution in [2.24, 2.45) is 0 Å². The van der Waals surface area contributed by atoms with Crippen LogP contribution in [0, 0.1) is 24.1 Å². The zero-order chi connectivity index (χ0) is 15.6. The molecule has 0 aliphatic rings. The third-order valence-electron chi connectivity index (χ3n) is 2.82. The lowest BCUT2D eigenvalue weighted by molar-refractivity contribution is 0.600. The number of sulfonamides is 1. The Labute approximate surface area is 130 Å². The van der Waals surface area contributed by atoms with Crippen molar-refractivity contribution in [3.05, 3.63) is 57.8 Å². The normalized spacial score (nSPS) is 11.0. The van der Waals surface area contributed by atoms with Gasteiger partial charge in [0, 0.05) is 10.0 Å². The number of anilines is 1. The van der Waals surface area contributed by atoms with Gasteiger partial charge in [-0.3, -0.25) is 4.72 Å². The van der Waals surface area contributed by atoms with E-state index in [9.17, 15) is 12.8 Å². The molecule has 0 saturated carbocycles. The molecule has 21 heavy (non-hydrogen) atoms. The van der Waals surface area contributed by atoms with Gasteiger partial charge in [-0.25, -0.2) is 12.8 Å². The van der Waals surface area contributed by atoms with Crippen LogP contribution in [-0.4, -0.2) is 8.42 Å². The first kappa shape index (κ1) is 15.5. The van der Waals surface area contributed by atoms with Gasteiger partial charge in [-0.2, -0.15) is 5.26 Å². The van der Waals surface area contributed by atoms with Crippen molar-refractivity contribution in [3.63, 3.8) is 0 Å². The maximum absolute atomic E-state index is 13.7. The largest absolute Gasteiger partial charge is 0.279 e. The van der Waals surface area contributed by atoms with Crippen LogP contribution in [0.4, 0.5) is 10.1 Å². The summed E-state index contributed by atoms with van der Waals surface area (Å²) in [4.78, 5) is 0.0408. The molecule has 0 aromatic heterocycles. The fraction of sp³-hybridized carbons (Fsp3) is 0.0714. The first-order valence-electron chi connectivity index (χ1n) is 5.82. The Hall–Kier alpha value is -1.91. The summed E-state index contributed by atoms with van der Waals surface area (Å²) >= 11 is 3.19. The molecule has 2 rings (SSSR count). The zero-order valence-electron chi connectivity index (χ0n) is 10.9. The van der Waals surface area contributed by atoms with Crippen LogP contribution in [0.25, 0.3) is 0 Å². The molecule has 0 bridgehead atoms. The van der Waals surface area contributed by atoms with Gasteiger partial charge >= 0.3 is 0 Å². The highest BCUT2D eigenvalue weighted by molar-refractivity contribution is 9.10. The van der Waals surface area contributed by atoms with Gasteiger partial charge in [0.15, 0.2) is 0 Å². The second-order valence-electron chi connectivity index (χ2n) is 4.31. The molecule has 0 radical (unpaired) electrons. The lowest BCUT2D eigenvalue weighted by Gasteiger charge is -2.11. The Bertz CT molecular complexity index is 845. The molecule has 0 heterocycles. The number of nitrogens with one attached hydrogen (secondary N) is 1. The van der Waals surface area contributed by atoms with Crippen LogP contribution in [0.5, 0.6) is 0 Å². The van der Waals surface area contributed by atoms with E-state index >= 15 is 0 Å². The molecule has 0 unspecified atom stereocenters. The van der Waals surface area contributed by atoms with Crippen molar-refractivity contribution in [3.8, 4) is 6.07 Å². The van der Waals surface area contributed by atoms with E-state index in [2.05, 4.69) is 20.7 Å². The second-order valence-corrected chi connectivity index (χ2v) is 6.90. The highest BCUT2D eigenvalue weighted by atomic mass is 79.9. The maximum atomic E-state index is 13.7. The van der Waals surface area contributed by atoms with Crippen LogP contribution >= 0.6 is 15.9 Å². The van der Waals surface area contributed by atoms with Gasteiger partial charge in [0.05, 0.1) is 22.2 Å². The van der Waals surface area contributed by atoms with Crippen LogP contribution in [-0.2, 0) is 10.0 Å². The molecular weight excluding hydrogens is 359 g/mol. The fourth-order valence-corrected chi connectivity index (χ4v) is 3.40. The molecule has 2 aromatic rings. The molecule has 2 aromatic carbocycles. The fourth-order valence-electron chi connectivity index (χ4n) is 1.69. The Balaban J connectivity index is 2.47. The molecular formula is C14H10BrFN2O2S. The number of rotatable bonds is 3. The van der Waals surface area contributed by atoms with Crippen molar-refractivity contribution in [1.82, 2.24) is 0 Å². The quantitative estimate of drug-likeness (QED) is 0.899. The van der Waals surface area contributed by atoms with Gasteiger partial charge < -0.3 is 0 Å². The van der Waals surface area contributed by atoms with Crippen molar-refractivity contribution >= 4 is 31.6 Å². The van der Waals surface area contributed by atoms with Crippen LogP contribution in [0.1, 0.15) is 11.1 Å². The maximum Gasteiger partial charge on any atom is 0.261 e. The van der Waals surface area contributed by atoms with Crippen molar-refractivity contribution in [2.45, 2.75) is 11.8 Å². The highest BCUT2D eigenvalue weighted by Gasteiger charge is 2.17. The Morgan fingerprint density at radius 2 is 2.00 bits per heavy atom. The van der Waals surface area contributed by atoms with E-state index in [-0.39, 0.29) is 21.7 Å². The van der Waals surface area contributed by atoms with E-state index in [1.165, 1.54) is 25.1 Å². The van der Waals surface area contributed by atoms with Crippen LogP contribution in [0.15, 0.2) is 45.8 Å². The van der Waals surface area contributed by atoms with E-state index in [4.69, 9.17) is 5.26 Å². The molecule has 4 nitrogen and oxygen atoms in total. The molecule has 7 heteroatoms. The number of halogens is 2. The van der Waals surface area contributed by atoms with E-state index < -0.39 is 15.8 Å². The third-order valence-corrected chi connectivity index (χ3v) is 4.68. The summed E-state index contributed by atoms with van der Waals surface area (Å²) < 4.78 is 41.2. The number of benzene rings is 2. The molecule has 0 aliphatic carbocycles. The predicted molar refractivity (Wildman–Crippen MR) is 80.8 cm³/mol. The number of nitrogens with zero attached hydrogens (tertiary/aromatic N) is 1. The van der Waals surface area contributed by atoms with Crippen LogP contribution in [0.2, 0.25) is 0 Å². The lowest BCUT2D eigenvalue weighted by atomic mass is 10.1. The van der Waals surface area contributed by atoms with E-state index in [1.54, 1.807) is 18.2 Å². The van der Waals surface area contributed by atoms with Gasteiger partial charge in [-0.15, -0.1) is 0 Å². The van der Waals surface area contributed by atoms with Crippen molar-refractivity contribution in [1.29, 1.82) is 5.26 Å². The zero-order valence-corrected chi connectivity index (χ0v) is 13.3. The minimum atomic E-state index is -3.86. The third kappa shape index (κ3) is 3.40. The summed E-state index contributed by atoms with van der Waals surface area (Å²) in [6, 6.07) is 10.3. The minimum absolute atomic E-state index is 0.0408. The van der Waals surface area contributed by atoms with Crippen molar-refractivity contribution in [2.75, 3.05) is 4.72 Å². The SMILES string of the molecule is Cc1c(F)cc(C#N)cc1NS(=O)(=O)c1cccc(Br)c1. The predicted octanol–water partition coefficient (Wildman–Crippen LogP) is 3.57. The van der Waals surface area contributed by atoms with Crippen LogP contribution < -0.4 is 4.72 Å². The molecule has 0 atom stereocenters.